The van der Waals surface area contributed by atoms with Gasteiger partial charge in [0.25, 0.3) is 0 Å². The van der Waals surface area contributed by atoms with E-state index in [-0.39, 0.29) is 18.4 Å². The molecule has 4 unspecified atom stereocenters. The van der Waals surface area contributed by atoms with E-state index in [9.17, 15) is 29.1 Å². The number of hydrogen-bond acceptors (Lipinski definition) is 6. The minimum atomic E-state index is -1.11. The summed E-state index contributed by atoms with van der Waals surface area (Å²) < 4.78 is 0. The molecule has 0 spiro atoms. The Labute approximate surface area is 243 Å². The normalized spacial score (nSPS) is 13.6. The van der Waals surface area contributed by atoms with Crippen molar-refractivity contribution in [2.45, 2.75) is 50.9 Å². The van der Waals surface area contributed by atoms with E-state index in [4.69, 9.17) is 5.11 Å². The standard InChI is InChI=1S/C31H34N4O7/c1-19(32-26(31(41)42)18-22-11-7-4-8-12-22)27(36)33-20(2)28(37)35-25(17-21-9-5-3-6-10-21)29(38)34-24-15-13-23(14-16-24)30(39)40/h3-16,19-20,25-26,32H,17-18H2,1-2H3,(H,33,36)(H,34,38)(H,35,37)(H,39,40)(H,41,42). The van der Waals surface area contributed by atoms with E-state index in [1.54, 1.807) is 48.5 Å². The molecule has 3 amide bonds. The fourth-order valence-corrected chi connectivity index (χ4v) is 4.13. The minimum absolute atomic E-state index is 0.0603. The van der Waals surface area contributed by atoms with Crippen LogP contribution in [-0.4, -0.2) is 64.0 Å². The molecule has 0 saturated heterocycles. The molecule has 0 fully saturated rings. The third kappa shape index (κ3) is 9.56. The molecule has 3 aromatic rings. The monoisotopic (exact) mass is 574 g/mol. The smallest absolute Gasteiger partial charge is 0.335 e. The average Bonchev–Trinajstić information content (AvgIpc) is 2.97. The van der Waals surface area contributed by atoms with Gasteiger partial charge in [-0.15, -0.1) is 0 Å². The van der Waals surface area contributed by atoms with Crippen molar-refractivity contribution in [2.24, 2.45) is 0 Å². The zero-order chi connectivity index (χ0) is 30.6. The first-order chi connectivity index (χ1) is 20.0. The lowest BCUT2D eigenvalue weighted by Crippen LogP contribution is -2.56. The summed E-state index contributed by atoms with van der Waals surface area (Å²) in [5.41, 5.74) is 1.98. The minimum Gasteiger partial charge on any atom is -0.480 e. The summed E-state index contributed by atoms with van der Waals surface area (Å²) in [6, 6.07) is 19.6. The molecule has 3 rings (SSSR count). The first-order valence-corrected chi connectivity index (χ1v) is 13.3. The van der Waals surface area contributed by atoms with Crippen molar-refractivity contribution in [3.05, 3.63) is 102 Å². The highest BCUT2D eigenvalue weighted by Crippen LogP contribution is 2.12. The van der Waals surface area contributed by atoms with Crippen LogP contribution in [0.1, 0.15) is 35.3 Å². The van der Waals surface area contributed by atoms with E-state index < -0.39 is 53.8 Å². The quantitative estimate of drug-likeness (QED) is 0.170. The number of rotatable bonds is 14. The lowest BCUT2D eigenvalue weighted by molar-refractivity contribution is -0.140. The highest BCUT2D eigenvalue weighted by molar-refractivity contribution is 5.99. The molecule has 11 nitrogen and oxygen atoms in total. The SMILES string of the molecule is CC(NC(=O)C(C)NC(Cc1ccccc1)C(=O)O)C(=O)NC(Cc1ccccc1)C(=O)Nc1ccc(C(=O)O)cc1. The van der Waals surface area contributed by atoms with Crippen LogP contribution in [0.15, 0.2) is 84.9 Å². The Hall–Kier alpha value is -5.03. The number of carbonyl (C=O) groups is 5. The van der Waals surface area contributed by atoms with Crippen LogP contribution < -0.4 is 21.3 Å². The second kappa shape index (κ2) is 15.1. The summed E-state index contributed by atoms with van der Waals surface area (Å²) in [5, 5.41) is 29.4. The van der Waals surface area contributed by atoms with Gasteiger partial charge in [0.1, 0.15) is 18.1 Å². The molecule has 11 heteroatoms. The molecule has 0 aliphatic rings. The Balaban J connectivity index is 1.63. The van der Waals surface area contributed by atoms with Crippen molar-refractivity contribution in [1.29, 1.82) is 0 Å². The number of carbonyl (C=O) groups excluding carboxylic acids is 3. The van der Waals surface area contributed by atoms with Crippen LogP contribution >= 0.6 is 0 Å². The van der Waals surface area contributed by atoms with E-state index >= 15 is 0 Å². The van der Waals surface area contributed by atoms with Gasteiger partial charge in [0.15, 0.2) is 0 Å². The maximum Gasteiger partial charge on any atom is 0.335 e. The van der Waals surface area contributed by atoms with Gasteiger partial charge in [-0.2, -0.15) is 0 Å². The Morgan fingerprint density at radius 1 is 0.619 bits per heavy atom. The van der Waals surface area contributed by atoms with Crippen molar-refractivity contribution in [3.8, 4) is 0 Å². The summed E-state index contributed by atoms with van der Waals surface area (Å²) in [5.74, 6) is -3.95. The van der Waals surface area contributed by atoms with Crippen molar-refractivity contribution in [3.63, 3.8) is 0 Å². The third-order valence-electron chi connectivity index (χ3n) is 6.49. The fourth-order valence-electron chi connectivity index (χ4n) is 4.13. The van der Waals surface area contributed by atoms with Crippen LogP contribution in [0.3, 0.4) is 0 Å². The Morgan fingerprint density at radius 3 is 1.62 bits per heavy atom. The maximum absolute atomic E-state index is 13.2. The van der Waals surface area contributed by atoms with E-state index in [1.807, 2.05) is 12.1 Å². The average molecular weight is 575 g/mol. The first-order valence-electron chi connectivity index (χ1n) is 13.3. The van der Waals surface area contributed by atoms with E-state index in [0.29, 0.717) is 5.69 Å². The predicted octanol–water partition coefficient (Wildman–Crippen LogP) is 2.23. The molecule has 0 radical (unpaired) electrons. The number of anilines is 1. The molecule has 0 bridgehead atoms. The number of aliphatic carboxylic acids is 1. The van der Waals surface area contributed by atoms with Gasteiger partial charge in [0, 0.05) is 12.1 Å². The highest BCUT2D eigenvalue weighted by Gasteiger charge is 2.28. The molecule has 0 saturated carbocycles. The van der Waals surface area contributed by atoms with E-state index in [0.717, 1.165) is 11.1 Å². The van der Waals surface area contributed by atoms with Crippen LogP contribution in [0.4, 0.5) is 5.69 Å². The summed E-state index contributed by atoms with van der Waals surface area (Å²) in [6.45, 7) is 2.96. The van der Waals surface area contributed by atoms with Crippen LogP contribution in [0, 0.1) is 0 Å². The first kappa shape index (κ1) is 31.5. The molecular formula is C31H34N4O7. The van der Waals surface area contributed by atoms with Gasteiger partial charge >= 0.3 is 11.9 Å². The molecule has 42 heavy (non-hydrogen) atoms. The molecule has 0 aliphatic heterocycles. The van der Waals surface area contributed by atoms with E-state index in [2.05, 4.69) is 21.3 Å². The van der Waals surface area contributed by atoms with Gasteiger partial charge < -0.3 is 26.2 Å². The molecule has 0 aromatic heterocycles. The predicted molar refractivity (Wildman–Crippen MR) is 156 cm³/mol. The number of hydrogen-bond donors (Lipinski definition) is 6. The van der Waals surface area contributed by atoms with Crippen molar-refractivity contribution >= 4 is 35.3 Å². The Morgan fingerprint density at radius 2 is 1.12 bits per heavy atom. The van der Waals surface area contributed by atoms with Crippen LogP contribution in [-0.2, 0) is 32.0 Å². The lowest BCUT2D eigenvalue weighted by atomic mass is 10.0. The highest BCUT2D eigenvalue weighted by atomic mass is 16.4. The molecule has 6 N–H and O–H groups in total. The van der Waals surface area contributed by atoms with Crippen LogP contribution in [0.5, 0.6) is 0 Å². The van der Waals surface area contributed by atoms with Crippen molar-refractivity contribution in [1.82, 2.24) is 16.0 Å². The number of amides is 3. The van der Waals surface area contributed by atoms with Gasteiger partial charge in [-0.25, -0.2) is 4.79 Å². The van der Waals surface area contributed by atoms with Gasteiger partial charge in [-0.3, -0.25) is 24.5 Å². The zero-order valence-corrected chi connectivity index (χ0v) is 23.2. The fraction of sp³-hybridized carbons (Fsp3) is 0.258. The van der Waals surface area contributed by atoms with Gasteiger partial charge in [-0.05, 0) is 55.7 Å². The van der Waals surface area contributed by atoms with Crippen molar-refractivity contribution in [2.75, 3.05) is 5.32 Å². The number of benzene rings is 3. The molecule has 4 atom stereocenters. The largest absolute Gasteiger partial charge is 0.480 e. The Bertz CT molecular complexity index is 1380. The Kier molecular flexibility index (Phi) is 11.3. The molecule has 0 aliphatic carbocycles. The molecule has 220 valence electrons. The topological polar surface area (TPSA) is 174 Å². The van der Waals surface area contributed by atoms with Gasteiger partial charge in [0.05, 0.1) is 11.6 Å². The number of nitrogens with one attached hydrogen (secondary N) is 4. The maximum atomic E-state index is 13.2. The van der Waals surface area contributed by atoms with Gasteiger partial charge in [-0.1, -0.05) is 60.7 Å². The zero-order valence-electron chi connectivity index (χ0n) is 23.2. The second-order valence-corrected chi connectivity index (χ2v) is 9.82. The molecular weight excluding hydrogens is 540 g/mol. The summed E-state index contributed by atoms with van der Waals surface area (Å²) >= 11 is 0. The lowest BCUT2D eigenvalue weighted by Gasteiger charge is -2.24. The summed E-state index contributed by atoms with van der Waals surface area (Å²) in [6.07, 6.45) is 0.323. The molecule has 0 heterocycles. The van der Waals surface area contributed by atoms with E-state index in [1.165, 1.54) is 38.1 Å². The number of carboxylic acid groups (broad SMARTS) is 2. The number of carboxylic acids is 2. The third-order valence-corrected chi connectivity index (χ3v) is 6.49. The summed E-state index contributed by atoms with van der Waals surface area (Å²) in [4.78, 5) is 62.0. The molecule has 3 aromatic carbocycles. The second-order valence-electron chi connectivity index (χ2n) is 9.82. The van der Waals surface area contributed by atoms with Crippen LogP contribution in [0.2, 0.25) is 0 Å². The van der Waals surface area contributed by atoms with Gasteiger partial charge in [0.2, 0.25) is 17.7 Å². The number of aromatic carboxylic acids is 1. The van der Waals surface area contributed by atoms with Crippen LogP contribution in [0.25, 0.3) is 0 Å². The van der Waals surface area contributed by atoms with Crippen molar-refractivity contribution < 1.29 is 34.2 Å². The summed E-state index contributed by atoms with van der Waals surface area (Å²) in [7, 11) is 0.